The first-order valence-corrected chi connectivity index (χ1v) is 9.13. The van der Waals surface area contributed by atoms with E-state index in [0.29, 0.717) is 6.54 Å². The van der Waals surface area contributed by atoms with Gasteiger partial charge < -0.3 is 15.0 Å². The number of carbonyl (C=O) groups is 1. The van der Waals surface area contributed by atoms with Gasteiger partial charge in [-0.15, -0.1) is 0 Å². The average molecular weight is 343 g/mol. The Morgan fingerprint density at radius 3 is 2.72 bits per heavy atom. The van der Waals surface area contributed by atoms with Crippen molar-refractivity contribution in [1.82, 2.24) is 15.1 Å². The maximum Gasteiger partial charge on any atom is 0.317 e. The van der Waals surface area contributed by atoms with Crippen molar-refractivity contribution in [2.75, 3.05) is 33.3 Å². The number of hydrogen-bond donors (Lipinski definition) is 1. The van der Waals surface area contributed by atoms with E-state index in [9.17, 15) is 4.79 Å². The quantitative estimate of drug-likeness (QED) is 0.855. The van der Waals surface area contributed by atoms with Gasteiger partial charge in [0, 0.05) is 38.8 Å². The van der Waals surface area contributed by atoms with E-state index in [-0.39, 0.29) is 12.1 Å². The minimum atomic E-state index is 0.0619. The molecule has 0 saturated carbocycles. The second-order valence-electron chi connectivity index (χ2n) is 7.26. The normalized spacial score (nSPS) is 18.6. The van der Waals surface area contributed by atoms with Crippen LogP contribution in [-0.2, 0) is 13.0 Å². The lowest BCUT2D eigenvalue weighted by Gasteiger charge is -2.35. The van der Waals surface area contributed by atoms with Crippen molar-refractivity contribution < 1.29 is 9.53 Å². The predicted molar refractivity (Wildman–Crippen MR) is 99.9 cm³/mol. The summed E-state index contributed by atoms with van der Waals surface area (Å²) in [5, 5.41) is 3.23. The van der Waals surface area contributed by atoms with Crippen molar-refractivity contribution in [3.63, 3.8) is 0 Å². The fourth-order valence-corrected chi connectivity index (χ4v) is 3.72. The van der Waals surface area contributed by atoms with Crippen LogP contribution in [0.2, 0.25) is 0 Å². The fourth-order valence-electron chi connectivity index (χ4n) is 3.72. The summed E-state index contributed by atoms with van der Waals surface area (Å²) in [4.78, 5) is 17.0. The Hall–Kier alpha value is -2.01. The summed E-state index contributed by atoms with van der Waals surface area (Å²) >= 11 is 0. The molecule has 0 spiro atoms. The van der Waals surface area contributed by atoms with Crippen molar-refractivity contribution in [2.45, 2.75) is 38.8 Å². The summed E-state index contributed by atoms with van der Waals surface area (Å²) in [6, 6.07) is 6.49. The first-order chi connectivity index (χ1) is 12.0. The number of fused-ring (bicyclic) bond motifs is 1. The molecule has 1 aromatic carbocycles. The van der Waals surface area contributed by atoms with E-state index >= 15 is 0 Å². The molecule has 0 atom stereocenters. The second kappa shape index (κ2) is 7.91. The molecule has 2 heterocycles. The van der Waals surface area contributed by atoms with Crippen LogP contribution < -0.4 is 10.1 Å². The maximum absolute atomic E-state index is 12.6. The first-order valence-electron chi connectivity index (χ1n) is 9.13. The molecular weight excluding hydrogens is 314 g/mol. The molecule has 0 aromatic heterocycles. The third-order valence-electron chi connectivity index (χ3n) is 5.12. The number of amides is 2. The van der Waals surface area contributed by atoms with Gasteiger partial charge in [0.2, 0.25) is 0 Å². The van der Waals surface area contributed by atoms with Gasteiger partial charge in [0.25, 0.3) is 0 Å². The molecule has 0 aliphatic carbocycles. The molecule has 5 heteroatoms. The Morgan fingerprint density at radius 2 is 2.04 bits per heavy atom. The molecule has 0 radical (unpaired) electrons. The van der Waals surface area contributed by atoms with Crippen molar-refractivity contribution in [2.24, 2.45) is 0 Å². The van der Waals surface area contributed by atoms with E-state index in [1.54, 1.807) is 7.11 Å². The van der Waals surface area contributed by atoms with Gasteiger partial charge in [0.1, 0.15) is 5.75 Å². The molecule has 0 bridgehead atoms. The number of piperidine rings is 1. The highest BCUT2D eigenvalue weighted by molar-refractivity contribution is 5.75. The van der Waals surface area contributed by atoms with Crippen LogP contribution >= 0.6 is 0 Å². The number of urea groups is 1. The van der Waals surface area contributed by atoms with Crippen LogP contribution in [0, 0.1) is 0 Å². The Kier molecular flexibility index (Phi) is 5.63. The Morgan fingerprint density at radius 1 is 1.28 bits per heavy atom. The highest BCUT2D eigenvalue weighted by atomic mass is 16.5. The minimum absolute atomic E-state index is 0.0619. The number of nitrogens with one attached hydrogen (secondary N) is 1. The van der Waals surface area contributed by atoms with Crippen molar-refractivity contribution in [3.8, 4) is 5.75 Å². The van der Waals surface area contributed by atoms with Gasteiger partial charge in [0.15, 0.2) is 0 Å². The van der Waals surface area contributed by atoms with E-state index in [1.807, 2.05) is 17.0 Å². The van der Waals surface area contributed by atoms with Gasteiger partial charge in [-0.3, -0.25) is 4.90 Å². The Bertz CT molecular complexity index is 636. The van der Waals surface area contributed by atoms with Gasteiger partial charge in [-0.05, 0) is 49.4 Å². The highest BCUT2D eigenvalue weighted by Crippen LogP contribution is 2.24. The largest absolute Gasteiger partial charge is 0.497 e. The molecule has 2 aliphatic heterocycles. The number of carbonyl (C=O) groups excluding carboxylic acids is 1. The van der Waals surface area contributed by atoms with E-state index in [0.717, 1.165) is 51.2 Å². The number of ether oxygens (including phenoxy) is 1. The molecule has 1 fully saturated rings. The third kappa shape index (κ3) is 4.54. The van der Waals surface area contributed by atoms with Crippen LogP contribution in [0.1, 0.15) is 30.9 Å². The van der Waals surface area contributed by atoms with E-state index in [2.05, 4.69) is 29.8 Å². The lowest BCUT2D eigenvalue weighted by molar-refractivity contribution is 0.172. The first kappa shape index (κ1) is 17.8. The molecule has 0 unspecified atom stereocenters. The predicted octanol–water partition coefficient (Wildman–Crippen LogP) is 2.80. The fraction of sp³-hybridized carbons (Fsp3) is 0.550. The molecular formula is C20H29N3O2. The smallest absolute Gasteiger partial charge is 0.317 e. The summed E-state index contributed by atoms with van der Waals surface area (Å²) in [6.45, 7) is 10.5. The van der Waals surface area contributed by atoms with E-state index in [1.165, 1.54) is 16.7 Å². The zero-order valence-corrected chi connectivity index (χ0v) is 15.4. The number of methoxy groups -OCH3 is 1. The third-order valence-corrected chi connectivity index (χ3v) is 5.12. The van der Waals surface area contributed by atoms with Crippen LogP contribution in [0.15, 0.2) is 30.4 Å². The van der Waals surface area contributed by atoms with Gasteiger partial charge in [-0.2, -0.15) is 0 Å². The van der Waals surface area contributed by atoms with Crippen LogP contribution in [-0.4, -0.2) is 55.2 Å². The lowest BCUT2D eigenvalue weighted by atomic mass is 9.99. The molecule has 2 aliphatic rings. The standard InChI is InChI=1S/C20H29N3O2/c1-15(2)13-22-9-7-18(8-10-22)21-20(24)23-11-6-16-4-5-19(25-3)12-17(16)14-23/h4-5,12,18H,1,6-11,13-14H2,2-3H3,(H,21,24). The molecule has 25 heavy (non-hydrogen) atoms. The number of rotatable bonds is 4. The van der Waals surface area contributed by atoms with Crippen molar-refractivity contribution in [1.29, 1.82) is 0 Å². The van der Waals surface area contributed by atoms with Crippen LogP contribution in [0.5, 0.6) is 5.75 Å². The molecule has 1 saturated heterocycles. The SMILES string of the molecule is C=C(C)CN1CCC(NC(=O)N2CCc3ccc(OC)cc3C2)CC1. The summed E-state index contributed by atoms with van der Waals surface area (Å²) in [5.74, 6) is 0.853. The van der Waals surface area contributed by atoms with Gasteiger partial charge in [-0.1, -0.05) is 18.2 Å². The van der Waals surface area contributed by atoms with Crippen LogP contribution in [0.4, 0.5) is 4.79 Å². The highest BCUT2D eigenvalue weighted by Gasteiger charge is 2.25. The molecule has 136 valence electrons. The summed E-state index contributed by atoms with van der Waals surface area (Å²) in [6.07, 6.45) is 2.93. The summed E-state index contributed by atoms with van der Waals surface area (Å²) in [5.41, 5.74) is 3.71. The number of hydrogen-bond acceptors (Lipinski definition) is 3. The Labute approximate surface area is 150 Å². The molecule has 1 aromatic rings. The Balaban J connectivity index is 1.52. The average Bonchev–Trinajstić information content (AvgIpc) is 2.62. The number of benzene rings is 1. The minimum Gasteiger partial charge on any atom is -0.497 e. The number of likely N-dealkylation sites (tertiary alicyclic amines) is 1. The zero-order chi connectivity index (χ0) is 17.8. The lowest BCUT2D eigenvalue weighted by Crippen LogP contribution is -2.50. The van der Waals surface area contributed by atoms with E-state index in [4.69, 9.17) is 4.74 Å². The molecule has 3 rings (SSSR count). The summed E-state index contributed by atoms with van der Waals surface area (Å²) < 4.78 is 5.31. The van der Waals surface area contributed by atoms with E-state index < -0.39 is 0 Å². The topological polar surface area (TPSA) is 44.8 Å². The van der Waals surface area contributed by atoms with Gasteiger partial charge in [0.05, 0.1) is 7.11 Å². The van der Waals surface area contributed by atoms with Crippen molar-refractivity contribution in [3.05, 3.63) is 41.5 Å². The summed E-state index contributed by atoms with van der Waals surface area (Å²) in [7, 11) is 1.68. The number of nitrogens with zero attached hydrogens (tertiary/aromatic N) is 2. The zero-order valence-electron chi connectivity index (χ0n) is 15.4. The monoisotopic (exact) mass is 343 g/mol. The molecule has 2 amide bonds. The maximum atomic E-state index is 12.6. The van der Waals surface area contributed by atoms with Gasteiger partial charge in [-0.25, -0.2) is 4.79 Å². The van der Waals surface area contributed by atoms with Gasteiger partial charge >= 0.3 is 6.03 Å². The van der Waals surface area contributed by atoms with Crippen LogP contribution in [0.3, 0.4) is 0 Å². The van der Waals surface area contributed by atoms with Crippen LogP contribution in [0.25, 0.3) is 0 Å². The second-order valence-corrected chi connectivity index (χ2v) is 7.26. The van der Waals surface area contributed by atoms with Crippen molar-refractivity contribution >= 4 is 6.03 Å². The molecule has 5 nitrogen and oxygen atoms in total. The molecule has 1 N–H and O–H groups in total.